The number of hydrogen-bond acceptors (Lipinski definition) is 2. The minimum absolute atomic E-state index is 0.0855. The van der Waals surface area contributed by atoms with Crippen LogP contribution in [0.1, 0.15) is 17.5 Å². The van der Waals surface area contributed by atoms with E-state index in [4.69, 9.17) is 0 Å². The predicted octanol–water partition coefficient (Wildman–Crippen LogP) is 3.61. The van der Waals surface area contributed by atoms with Crippen molar-refractivity contribution in [3.05, 3.63) is 41.6 Å². The maximum absolute atomic E-state index is 12.1. The zero-order valence-electron chi connectivity index (χ0n) is 10.3. The second kappa shape index (κ2) is 4.99. The summed E-state index contributed by atoms with van der Waals surface area (Å²) in [6.07, 6.45) is -3.44. The van der Waals surface area contributed by atoms with Gasteiger partial charge in [0.1, 0.15) is 0 Å². The van der Waals surface area contributed by atoms with Crippen molar-refractivity contribution in [1.82, 2.24) is 4.98 Å². The molecule has 1 aromatic carbocycles. The van der Waals surface area contributed by atoms with Gasteiger partial charge >= 0.3 is 6.18 Å². The molecular formula is C14H12F3NO. The number of rotatable bonds is 3. The van der Waals surface area contributed by atoms with E-state index in [-0.39, 0.29) is 6.42 Å². The summed E-state index contributed by atoms with van der Waals surface area (Å²) >= 11 is 0. The molecule has 0 atom stereocenters. The minimum atomic E-state index is -4.74. The highest BCUT2D eigenvalue weighted by Gasteiger charge is 2.37. The molecule has 0 spiro atoms. The third-order valence-corrected chi connectivity index (χ3v) is 2.84. The number of carbonyl (C=O) groups excluding carboxylic acids is 1. The molecule has 0 saturated heterocycles. The van der Waals surface area contributed by atoms with Crippen molar-refractivity contribution in [3.8, 4) is 0 Å². The number of alkyl halides is 3. The van der Waals surface area contributed by atoms with Crippen molar-refractivity contribution in [1.29, 1.82) is 0 Å². The Morgan fingerprint density at radius 1 is 1.26 bits per heavy atom. The lowest BCUT2D eigenvalue weighted by molar-refractivity contribution is -0.171. The van der Waals surface area contributed by atoms with Crippen molar-refractivity contribution in [2.75, 3.05) is 0 Å². The first kappa shape index (κ1) is 13.5. The van der Waals surface area contributed by atoms with Gasteiger partial charge in [-0.15, -0.1) is 0 Å². The summed E-state index contributed by atoms with van der Waals surface area (Å²) in [5.74, 6) is -1.69. The van der Waals surface area contributed by atoms with Crippen LogP contribution in [0.4, 0.5) is 13.2 Å². The molecule has 1 aromatic heterocycles. The summed E-state index contributed by atoms with van der Waals surface area (Å²) in [5, 5.41) is 0.872. The van der Waals surface area contributed by atoms with Crippen LogP contribution in [0.15, 0.2) is 30.5 Å². The summed E-state index contributed by atoms with van der Waals surface area (Å²) in [6.45, 7) is 1.90. The van der Waals surface area contributed by atoms with Gasteiger partial charge in [-0.1, -0.05) is 6.07 Å². The highest BCUT2D eigenvalue weighted by Crippen LogP contribution is 2.21. The van der Waals surface area contributed by atoms with Gasteiger partial charge in [0.2, 0.25) is 5.78 Å². The Balaban J connectivity index is 2.16. The SMILES string of the molecule is Cc1cnc2ccc(CCC(=O)C(F)(F)F)cc2c1. The fraction of sp³-hybridized carbons (Fsp3) is 0.286. The van der Waals surface area contributed by atoms with Crippen LogP contribution in [-0.4, -0.2) is 16.9 Å². The van der Waals surface area contributed by atoms with Crippen molar-refractivity contribution in [3.63, 3.8) is 0 Å². The van der Waals surface area contributed by atoms with E-state index in [0.717, 1.165) is 16.5 Å². The largest absolute Gasteiger partial charge is 0.449 e. The maximum Gasteiger partial charge on any atom is 0.449 e. The van der Waals surface area contributed by atoms with E-state index >= 15 is 0 Å². The molecular weight excluding hydrogens is 255 g/mol. The smallest absolute Gasteiger partial charge is 0.290 e. The van der Waals surface area contributed by atoms with E-state index in [2.05, 4.69) is 4.98 Å². The lowest BCUT2D eigenvalue weighted by Crippen LogP contribution is -2.22. The average molecular weight is 267 g/mol. The first-order valence-electron chi connectivity index (χ1n) is 5.81. The van der Waals surface area contributed by atoms with Crippen molar-refractivity contribution in [2.45, 2.75) is 25.9 Å². The fourth-order valence-electron chi connectivity index (χ4n) is 1.85. The van der Waals surface area contributed by atoms with Gasteiger partial charge in [0.05, 0.1) is 5.52 Å². The molecule has 0 aliphatic carbocycles. The molecule has 100 valence electrons. The first-order chi connectivity index (χ1) is 8.86. The van der Waals surface area contributed by atoms with Crippen LogP contribution < -0.4 is 0 Å². The minimum Gasteiger partial charge on any atom is -0.290 e. The second-order valence-electron chi connectivity index (χ2n) is 4.46. The molecule has 2 aromatic rings. The number of hydrogen-bond donors (Lipinski definition) is 0. The molecule has 0 bridgehead atoms. The van der Waals surface area contributed by atoms with Gasteiger partial charge in [0, 0.05) is 18.0 Å². The third-order valence-electron chi connectivity index (χ3n) is 2.84. The Morgan fingerprint density at radius 3 is 2.68 bits per heavy atom. The van der Waals surface area contributed by atoms with Crippen LogP contribution in [0.2, 0.25) is 0 Å². The monoisotopic (exact) mass is 267 g/mol. The number of nitrogens with zero attached hydrogens (tertiary/aromatic N) is 1. The maximum atomic E-state index is 12.1. The Morgan fingerprint density at radius 2 is 2.00 bits per heavy atom. The van der Waals surface area contributed by atoms with Gasteiger partial charge in [-0.2, -0.15) is 13.2 Å². The molecule has 0 aliphatic heterocycles. The molecule has 0 aliphatic rings. The lowest BCUT2D eigenvalue weighted by atomic mass is 10.0. The molecule has 0 N–H and O–H groups in total. The van der Waals surface area contributed by atoms with E-state index in [0.29, 0.717) is 5.56 Å². The molecule has 2 rings (SSSR count). The van der Waals surface area contributed by atoms with E-state index in [1.165, 1.54) is 0 Å². The van der Waals surface area contributed by atoms with Gasteiger partial charge in [-0.25, -0.2) is 0 Å². The fourth-order valence-corrected chi connectivity index (χ4v) is 1.85. The van der Waals surface area contributed by atoms with Crippen LogP contribution in [0, 0.1) is 6.92 Å². The van der Waals surface area contributed by atoms with E-state index in [1.54, 1.807) is 24.4 Å². The van der Waals surface area contributed by atoms with E-state index < -0.39 is 18.4 Å². The van der Waals surface area contributed by atoms with Gasteiger partial charge in [-0.3, -0.25) is 9.78 Å². The summed E-state index contributed by atoms with van der Waals surface area (Å²) in [6, 6.07) is 7.15. The van der Waals surface area contributed by atoms with Crippen LogP contribution in [0.3, 0.4) is 0 Å². The van der Waals surface area contributed by atoms with Crippen LogP contribution >= 0.6 is 0 Å². The van der Waals surface area contributed by atoms with Crippen LogP contribution in [0.5, 0.6) is 0 Å². The third kappa shape index (κ3) is 3.30. The molecule has 1 heterocycles. The number of benzene rings is 1. The quantitative estimate of drug-likeness (QED) is 0.850. The van der Waals surface area contributed by atoms with Crippen molar-refractivity contribution >= 4 is 16.7 Å². The van der Waals surface area contributed by atoms with E-state index in [1.807, 2.05) is 13.0 Å². The van der Waals surface area contributed by atoms with Crippen LogP contribution in [0.25, 0.3) is 10.9 Å². The zero-order chi connectivity index (χ0) is 14.0. The first-order valence-corrected chi connectivity index (χ1v) is 5.81. The van der Waals surface area contributed by atoms with Crippen molar-refractivity contribution < 1.29 is 18.0 Å². The Labute approximate surface area is 108 Å². The number of halogens is 3. The molecule has 0 fully saturated rings. The number of fused-ring (bicyclic) bond motifs is 1. The summed E-state index contributed by atoms with van der Waals surface area (Å²) < 4.78 is 36.3. The number of aryl methyl sites for hydroxylation is 2. The van der Waals surface area contributed by atoms with E-state index in [9.17, 15) is 18.0 Å². The van der Waals surface area contributed by atoms with Gasteiger partial charge in [-0.05, 0) is 42.7 Å². The Hall–Kier alpha value is -1.91. The predicted molar refractivity (Wildman–Crippen MR) is 65.9 cm³/mol. The summed E-state index contributed by atoms with van der Waals surface area (Å²) in [5.41, 5.74) is 2.48. The molecule has 0 amide bonds. The molecule has 0 radical (unpaired) electrons. The standard InChI is InChI=1S/C14H12F3NO/c1-9-6-11-7-10(2-4-12(11)18-8-9)3-5-13(19)14(15,16)17/h2,4,6-8H,3,5H2,1H3. The second-order valence-corrected chi connectivity index (χ2v) is 4.46. The molecule has 19 heavy (non-hydrogen) atoms. The molecule has 0 unspecified atom stereocenters. The van der Waals surface area contributed by atoms with Crippen LogP contribution in [-0.2, 0) is 11.2 Å². The highest BCUT2D eigenvalue weighted by molar-refractivity contribution is 5.84. The summed E-state index contributed by atoms with van der Waals surface area (Å²) in [4.78, 5) is 15.0. The Bertz CT molecular complexity index is 620. The van der Waals surface area contributed by atoms with Gasteiger partial charge in [0.25, 0.3) is 0 Å². The number of carbonyl (C=O) groups is 1. The van der Waals surface area contributed by atoms with Crippen molar-refractivity contribution in [2.24, 2.45) is 0 Å². The molecule has 5 heteroatoms. The highest BCUT2D eigenvalue weighted by atomic mass is 19.4. The number of aromatic nitrogens is 1. The number of pyridine rings is 1. The molecule has 0 saturated carbocycles. The average Bonchev–Trinajstić information content (AvgIpc) is 2.34. The summed E-state index contributed by atoms with van der Waals surface area (Å²) in [7, 11) is 0. The normalized spacial score (nSPS) is 11.8. The zero-order valence-corrected chi connectivity index (χ0v) is 10.3. The number of ketones is 1. The van der Waals surface area contributed by atoms with Gasteiger partial charge < -0.3 is 0 Å². The molecule has 2 nitrogen and oxygen atoms in total. The van der Waals surface area contributed by atoms with Gasteiger partial charge in [0.15, 0.2) is 0 Å². The Kier molecular flexibility index (Phi) is 3.55. The number of Topliss-reactive ketones (excluding diaryl/α,β-unsaturated/α-hetero) is 1. The lowest BCUT2D eigenvalue weighted by Gasteiger charge is -2.06. The topological polar surface area (TPSA) is 30.0 Å².